The van der Waals surface area contributed by atoms with E-state index in [9.17, 15) is 9.59 Å². The second-order valence-electron chi connectivity index (χ2n) is 6.80. The lowest BCUT2D eigenvalue weighted by atomic mass is 10.1. The molecular weight excluding hydrogens is 404 g/mol. The minimum absolute atomic E-state index is 0.222. The lowest BCUT2D eigenvalue weighted by Gasteiger charge is -2.13. The molecule has 6 nitrogen and oxygen atoms in total. The van der Waals surface area contributed by atoms with Crippen LogP contribution in [0.4, 0.5) is 5.13 Å². The van der Waals surface area contributed by atoms with Crippen LogP contribution in [0.5, 0.6) is 0 Å². The third kappa shape index (κ3) is 3.52. The Morgan fingerprint density at radius 2 is 2.00 bits per heavy atom. The van der Waals surface area contributed by atoms with E-state index in [0.29, 0.717) is 21.6 Å². The molecule has 29 heavy (non-hydrogen) atoms. The second kappa shape index (κ2) is 7.38. The van der Waals surface area contributed by atoms with Crippen LogP contribution in [-0.4, -0.2) is 20.4 Å². The van der Waals surface area contributed by atoms with Crippen molar-refractivity contribution in [1.29, 1.82) is 0 Å². The molecule has 0 radical (unpaired) electrons. The van der Waals surface area contributed by atoms with E-state index in [1.54, 1.807) is 18.2 Å². The number of benzene rings is 2. The molecule has 0 unspecified atom stereocenters. The molecule has 0 spiro atoms. The van der Waals surface area contributed by atoms with Crippen molar-refractivity contribution in [3.05, 3.63) is 79.3 Å². The summed E-state index contributed by atoms with van der Waals surface area (Å²) in [6.07, 6.45) is 0. The number of nitrogens with one attached hydrogen (secondary N) is 2. The quantitative estimate of drug-likeness (QED) is 0.470. The van der Waals surface area contributed by atoms with Gasteiger partial charge in [-0.25, -0.2) is 4.98 Å². The molecular formula is C21H18N4O2S2. The number of H-pyrrole nitrogens is 1. The molecule has 1 amide bonds. The Bertz CT molecular complexity index is 1380. The van der Waals surface area contributed by atoms with Gasteiger partial charge in [-0.15, -0.1) is 11.3 Å². The van der Waals surface area contributed by atoms with Gasteiger partial charge in [0.05, 0.1) is 22.3 Å². The number of hydrogen-bond acceptors (Lipinski definition) is 5. The summed E-state index contributed by atoms with van der Waals surface area (Å²) in [5, 5.41) is 5.63. The zero-order valence-corrected chi connectivity index (χ0v) is 17.7. The lowest BCUT2D eigenvalue weighted by Crippen LogP contribution is -2.22. The highest BCUT2D eigenvalue weighted by Crippen LogP contribution is 2.20. The summed E-state index contributed by atoms with van der Waals surface area (Å²) >= 11 is 6.83. The summed E-state index contributed by atoms with van der Waals surface area (Å²) in [4.78, 5) is 33.0. The number of nitrogens with zero attached hydrogens (tertiary/aromatic N) is 2. The van der Waals surface area contributed by atoms with Crippen molar-refractivity contribution in [2.45, 2.75) is 20.8 Å². The van der Waals surface area contributed by atoms with Crippen LogP contribution in [0, 0.1) is 25.5 Å². The fraction of sp³-hybridized carbons (Fsp3) is 0.143. The van der Waals surface area contributed by atoms with Gasteiger partial charge in [-0.05, 0) is 68.4 Å². The van der Waals surface area contributed by atoms with Crippen LogP contribution >= 0.6 is 23.6 Å². The number of hydrogen-bond donors (Lipinski definition) is 2. The molecule has 4 rings (SSSR count). The summed E-state index contributed by atoms with van der Waals surface area (Å²) in [5.74, 6) is -0.292. The zero-order valence-electron chi connectivity index (χ0n) is 16.1. The number of rotatable bonds is 3. The number of carbonyl (C=O) groups is 1. The van der Waals surface area contributed by atoms with Crippen LogP contribution in [0.3, 0.4) is 0 Å². The van der Waals surface area contributed by atoms with Gasteiger partial charge >= 0.3 is 0 Å². The molecule has 8 heteroatoms. The normalized spacial score (nSPS) is 11.0. The molecule has 2 heterocycles. The molecule has 0 fully saturated rings. The molecule has 0 atom stereocenters. The molecule has 0 aliphatic rings. The number of fused-ring (bicyclic) bond motifs is 1. The monoisotopic (exact) mass is 422 g/mol. The van der Waals surface area contributed by atoms with Gasteiger partial charge in [-0.2, -0.15) is 0 Å². The number of aromatic nitrogens is 3. The molecule has 0 bridgehead atoms. The fourth-order valence-corrected chi connectivity index (χ4v) is 4.11. The Labute approximate surface area is 175 Å². The summed E-state index contributed by atoms with van der Waals surface area (Å²) in [6.45, 7) is 5.82. The van der Waals surface area contributed by atoms with Crippen molar-refractivity contribution in [1.82, 2.24) is 14.5 Å². The minimum Gasteiger partial charge on any atom is -0.331 e. The molecule has 0 saturated carbocycles. The standard InChI is InChI=1S/C21H18N4O2S2/c1-11-5-4-6-17(13(11)3)25-19(27)15-8-7-14(9-16(15)23-21(25)28)18(26)24-20-22-12(2)10-29-20/h4-10H,1-3H3,(H,23,28)(H,22,24,26). The maximum atomic E-state index is 13.2. The summed E-state index contributed by atoms with van der Waals surface area (Å²) in [7, 11) is 0. The van der Waals surface area contributed by atoms with Crippen LogP contribution in [0.2, 0.25) is 0 Å². The number of carbonyl (C=O) groups excluding carboxylic acids is 1. The lowest BCUT2D eigenvalue weighted by molar-refractivity contribution is 0.102. The third-order valence-corrected chi connectivity index (χ3v) is 5.98. The van der Waals surface area contributed by atoms with E-state index in [1.807, 2.05) is 44.4 Å². The Hall–Kier alpha value is -3.10. The van der Waals surface area contributed by atoms with Crippen LogP contribution in [0.15, 0.2) is 46.6 Å². The van der Waals surface area contributed by atoms with E-state index in [2.05, 4.69) is 15.3 Å². The van der Waals surface area contributed by atoms with Crippen molar-refractivity contribution < 1.29 is 4.79 Å². The Balaban J connectivity index is 1.80. The Morgan fingerprint density at radius 1 is 1.21 bits per heavy atom. The first kappa shape index (κ1) is 19.2. The topological polar surface area (TPSA) is 79.8 Å². The van der Waals surface area contributed by atoms with E-state index in [4.69, 9.17) is 12.2 Å². The summed E-state index contributed by atoms with van der Waals surface area (Å²) in [6, 6.07) is 10.7. The highest BCUT2D eigenvalue weighted by molar-refractivity contribution is 7.71. The van der Waals surface area contributed by atoms with Crippen molar-refractivity contribution in [2.75, 3.05) is 5.32 Å². The maximum absolute atomic E-state index is 13.2. The number of amides is 1. The number of aromatic amines is 1. The van der Waals surface area contributed by atoms with Gasteiger partial charge in [0.25, 0.3) is 11.5 Å². The van der Waals surface area contributed by atoms with Crippen molar-refractivity contribution in [3.63, 3.8) is 0 Å². The average molecular weight is 423 g/mol. The first-order valence-corrected chi connectivity index (χ1v) is 10.2. The van der Waals surface area contributed by atoms with E-state index in [-0.39, 0.29) is 16.2 Å². The van der Waals surface area contributed by atoms with Gasteiger partial charge in [-0.1, -0.05) is 12.1 Å². The predicted octanol–water partition coefficient (Wildman–Crippen LogP) is 4.68. The third-order valence-electron chi connectivity index (χ3n) is 4.82. The molecule has 2 aromatic heterocycles. The molecule has 4 aromatic rings. The SMILES string of the molecule is Cc1csc(NC(=O)c2ccc3c(=O)n(-c4cccc(C)c4C)c(=S)[nH]c3c2)n1. The van der Waals surface area contributed by atoms with E-state index in [0.717, 1.165) is 22.5 Å². The van der Waals surface area contributed by atoms with E-state index < -0.39 is 0 Å². The summed E-state index contributed by atoms with van der Waals surface area (Å²) < 4.78 is 1.78. The minimum atomic E-state index is -0.292. The number of anilines is 1. The van der Waals surface area contributed by atoms with Gasteiger partial charge < -0.3 is 4.98 Å². The van der Waals surface area contributed by atoms with Crippen molar-refractivity contribution in [3.8, 4) is 5.69 Å². The maximum Gasteiger partial charge on any atom is 0.266 e. The Morgan fingerprint density at radius 3 is 2.72 bits per heavy atom. The predicted molar refractivity (Wildman–Crippen MR) is 119 cm³/mol. The van der Waals surface area contributed by atoms with Gasteiger partial charge in [0.15, 0.2) is 9.90 Å². The first-order chi connectivity index (χ1) is 13.8. The molecule has 146 valence electrons. The molecule has 2 aromatic carbocycles. The fourth-order valence-electron chi connectivity index (χ4n) is 3.14. The molecule has 0 saturated heterocycles. The highest BCUT2D eigenvalue weighted by atomic mass is 32.1. The molecule has 2 N–H and O–H groups in total. The molecule has 0 aliphatic heterocycles. The second-order valence-corrected chi connectivity index (χ2v) is 8.04. The highest BCUT2D eigenvalue weighted by Gasteiger charge is 2.14. The smallest absolute Gasteiger partial charge is 0.266 e. The number of thiazole rings is 1. The van der Waals surface area contributed by atoms with E-state index >= 15 is 0 Å². The van der Waals surface area contributed by atoms with Crippen molar-refractivity contribution in [2.24, 2.45) is 0 Å². The van der Waals surface area contributed by atoms with Gasteiger partial charge in [0, 0.05) is 10.9 Å². The van der Waals surface area contributed by atoms with Gasteiger partial charge in [0.2, 0.25) is 0 Å². The first-order valence-electron chi connectivity index (χ1n) is 8.94. The average Bonchev–Trinajstić information content (AvgIpc) is 3.09. The van der Waals surface area contributed by atoms with Crippen molar-refractivity contribution >= 4 is 45.5 Å². The van der Waals surface area contributed by atoms with Crippen LogP contribution < -0.4 is 10.9 Å². The number of aryl methyl sites for hydroxylation is 2. The molecule has 0 aliphatic carbocycles. The van der Waals surface area contributed by atoms with Crippen LogP contribution in [0.1, 0.15) is 27.2 Å². The Kier molecular flexibility index (Phi) is 4.89. The summed E-state index contributed by atoms with van der Waals surface area (Å²) in [5.41, 5.74) is 4.37. The van der Waals surface area contributed by atoms with Gasteiger partial charge in [0.1, 0.15) is 0 Å². The van der Waals surface area contributed by atoms with Gasteiger partial charge in [-0.3, -0.25) is 19.5 Å². The largest absolute Gasteiger partial charge is 0.331 e. The van der Waals surface area contributed by atoms with Crippen LogP contribution in [0.25, 0.3) is 16.6 Å². The van der Waals surface area contributed by atoms with Crippen LogP contribution in [-0.2, 0) is 0 Å². The van der Waals surface area contributed by atoms with E-state index in [1.165, 1.54) is 15.9 Å². The zero-order chi connectivity index (χ0) is 20.7.